The van der Waals surface area contributed by atoms with Gasteiger partial charge in [0.05, 0.1) is 31.8 Å². The Morgan fingerprint density at radius 2 is 1.81 bits per heavy atom. The first-order valence-corrected chi connectivity index (χ1v) is 7.90. The summed E-state index contributed by atoms with van der Waals surface area (Å²) < 4.78 is 10.4. The second-order valence-electron chi connectivity index (χ2n) is 5.68. The lowest BCUT2D eigenvalue weighted by Crippen LogP contribution is -2.52. The maximum Gasteiger partial charge on any atom is 0.309 e. The molecule has 2 aliphatic rings. The number of morpholine rings is 1. The molecule has 1 amide bonds. The van der Waals surface area contributed by atoms with Crippen molar-refractivity contribution in [2.75, 3.05) is 46.0 Å². The zero-order valence-corrected chi connectivity index (χ0v) is 13.0. The van der Waals surface area contributed by atoms with Gasteiger partial charge in [-0.05, 0) is 39.8 Å². The van der Waals surface area contributed by atoms with Gasteiger partial charge in [0, 0.05) is 13.1 Å². The van der Waals surface area contributed by atoms with E-state index < -0.39 is 0 Å². The van der Waals surface area contributed by atoms with Gasteiger partial charge in [-0.25, -0.2) is 0 Å². The van der Waals surface area contributed by atoms with Crippen LogP contribution in [0.1, 0.15) is 26.7 Å². The predicted molar refractivity (Wildman–Crippen MR) is 77.8 cm³/mol. The van der Waals surface area contributed by atoms with Crippen LogP contribution in [0.15, 0.2) is 0 Å². The summed E-state index contributed by atoms with van der Waals surface area (Å²) in [5, 5.41) is 0. The number of amides is 1. The zero-order chi connectivity index (χ0) is 15.2. The Morgan fingerprint density at radius 3 is 2.38 bits per heavy atom. The fourth-order valence-corrected chi connectivity index (χ4v) is 2.99. The van der Waals surface area contributed by atoms with Crippen LogP contribution in [0.3, 0.4) is 0 Å². The van der Waals surface area contributed by atoms with Crippen LogP contribution >= 0.6 is 0 Å². The molecule has 2 aliphatic heterocycles. The molecule has 120 valence electrons. The highest BCUT2D eigenvalue weighted by Gasteiger charge is 2.32. The highest BCUT2D eigenvalue weighted by molar-refractivity contribution is 5.81. The van der Waals surface area contributed by atoms with Gasteiger partial charge in [0.2, 0.25) is 5.91 Å². The molecule has 2 heterocycles. The first kappa shape index (κ1) is 16.2. The summed E-state index contributed by atoms with van der Waals surface area (Å²) in [5.41, 5.74) is 0. The van der Waals surface area contributed by atoms with Crippen molar-refractivity contribution >= 4 is 11.9 Å². The van der Waals surface area contributed by atoms with Gasteiger partial charge >= 0.3 is 5.97 Å². The lowest BCUT2D eigenvalue weighted by Gasteiger charge is -2.37. The van der Waals surface area contributed by atoms with Gasteiger partial charge in [0.15, 0.2) is 0 Å². The van der Waals surface area contributed by atoms with Crippen molar-refractivity contribution < 1.29 is 19.1 Å². The van der Waals surface area contributed by atoms with E-state index in [9.17, 15) is 9.59 Å². The molecule has 0 N–H and O–H groups in total. The number of hydrogen-bond donors (Lipinski definition) is 0. The molecular weight excluding hydrogens is 272 g/mol. The number of esters is 1. The quantitative estimate of drug-likeness (QED) is 0.708. The number of nitrogens with zero attached hydrogens (tertiary/aromatic N) is 2. The SMILES string of the molecule is CCOC(=O)C1CCN(C(C)C(=O)N2CCOCC2)CC1. The largest absolute Gasteiger partial charge is 0.466 e. The Hall–Kier alpha value is -1.14. The van der Waals surface area contributed by atoms with E-state index >= 15 is 0 Å². The maximum absolute atomic E-state index is 12.5. The molecule has 0 aromatic rings. The molecule has 2 saturated heterocycles. The summed E-state index contributed by atoms with van der Waals surface area (Å²) in [4.78, 5) is 28.2. The highest BCUT2D eigenvalue weighted by atomic mass is 16.5. The van der Waals surface area contributed by atoms with E-state index in [1.165, 1.54) is 0 Å². The summed E-state index contributed by atoms with van der Waals surface area (Å²) >= 11 is 0. The summed E-state index contributed by atoms with van der Waals surface area (Å²) in [6, 6.07) is -0.119. The third-order valence-corrected chi connectivity index (χ3v) is 4.38. The molecule has 1 unspecified atom stereocenters. The van der Waals surface area contributed by atoms with E-state index in [0.29, 0.717) is 32.9 Å². The Bertz CT molecular complexity index is 361. The smallest absolute Gasteiger partial charge is 0.309 e. The molecule has 6 nitrogen and oxygen atoms in total. The van der Waals surface area contributed by atoms with E-state index in [4.69, 9.17) is 9.47 Å². The summed E-state index contributed by atoms with van der Waals surface area (Å²) in [7, 11) is 0. The van der Waals surface area contributed by atoms with Crippen molar-refractivity contribution in [2.24, 2.45) is 5.92 Å². The van der Waals surface area contributed by atoms with Gasteiger partial charge < -0.3 is 14.4 Å². The van der Waals surface area contributed by atoms with Crippen LogP contribution in [0.2, 0.25) is 0 Å². The monoisotopic (exact) mass is 298 g/mol. The average Bonchev–Trinajstić information content (AvgIpc) is 2.54. The standard InChI is InChI=1S/C15H26N2O4/c1-3-21-15(19)13-4-6-16(7-5-13)12(2)14(18)17-8-10-20-11-9-17/h12-13H,3-11H2,1-2H3. The third kappa shape index (κ3) is 4.17. The predicted octanol–water partition coefficient (Wildman–Crippen LogP) is 0.509. The summed E-state index contributed by atoms with van der Waals surface area (Å²) in [5.74, 6) is 0.0732. The first-order valence-electron chi connectivity index (χ1n) is 7.90. The van der Waals surface area contributed by atoms with E-state index in [1.807, 2.05) is 18.7 Å². The average molecular weight is 298 g/mol. The van der Waals surface area contributed by atoms with Crippen molar-refractivity contribution in [3.63, 3.8) is 0 Å². The molecule has 0 saturated carbocycles. The fourth-order valence-electron chi connectivity index (χ4n) is 2.99. The number of rotatable bonds is 4. The van der Waals surface area contributed by atoms with Crippen molar-refractivity contribution in [1.29, 1.82) is 0 Å². The highest BCUT2D eigenvalue weighted by Crippen LogP contribution is 2.21. The van der Waals surface area contributed by atoms with Crippen LogP contribution in [0, 0.1) is 5.92 Å². The molecule has 0 aliphatic carbocycles. The third-order valence-electron chi connectivity index (χ3n) is 4.38. The number of ether oxygens (including phenoxy) is 2. The van der Waals surface area contributed by atoms with Gasteiger partial charge in [-0.15, -0.1) is 0 Å². The number of likely N-dealkylation sites (tertiary alicyclic amines) is 1. The van der Waals surface area contributed by atoms with Crippen molar-refractivity contribution in [2.45, 2.75) is 32.7 Å². The molecule has 21 heavy (non-hydrogen) atoms. The van der Waals surface area contributed by atoms with Gasteiger partial charge in [-0.1, -0.05) is 0 Å². The lowest BCUT2D eigenvalue weighted by atomic mass is 9.96. The first-order chi connectivity index (χ1) is 10.1. The lowest BCUT2D eigenvalue weighted by molar-refractivity contribution is -0.150. The normalized spacial score (nSPS) is 22.9. The molecule has 0 aromatic heterocycles. The van der Waals surface area contributed by atoms with Crippen LogP contribution in [0.5, 0.6) is 0 Å². The zero-order valence-electron chi connectivity index (χ0n) is 13.0. The van der Waals surface area contributed by atoms with Crippen LogP contribution in [-0.4, -0.2) is 73.7 Å². The molecular formula is C15H26N2O4. The molecule has 6 heteroatoms. The summed E-state index contributed by atoms with van der Waals surface area (Å²) in [6.45, 7) is 8.41. The number of hydrogen-bond acceptors (Lipinski definition) is 5. The number of carbonyl (C=O) groups is 2. The van der Waals surface area contributed by atoms with Crippen molar-refractivity contribution in [3.8, 4) is 0 Å². The Kier molecular flexibility index (Phi) is 5.99. The molecule has 2 fully saturated rings. The number of piperidine rings is 1. The van der Waals surface area contributed by atoms with Gasteiger partial charge in [-0.2, -0.15) is 0 Å². The second kappa shape index (κ2) is 7.75. The minimum absolute atomic E-state index is 0.00751. The minimum Gasteiger partial charge on any atom is -0.466 e. The van der Waals surface area contributed by atoms with Crippen LogP contribution in [-0.2, 0) is 19.1 Å². The minimum atomic E-state index is -0.119. The molecule has 0 aromatic carbocycles. The Balaban J connectivity index is 1.80. The van der Waals surface area contributed by atoms with E-state index in [2.05, 4.69) is 4.90 Å². The number of carbonyl (C=O) groups excluding carboxylic acids is 2. The van der Waals surface area contributed by atoms with Crippen molar-refractivity contribution in [3.05, 3.63) is 0 Å². The van der Waals surface area contributed by atoms with E-state index in [0.717, 1.165) is 25.9 Å². The van der Waals surface area contributed by atoms with E-state index in [-0.39, 0.29) is 23.8 Å². The van der Waals surface area contributed by atoms with Crippen LogP contribution < -0.4 is 0 Å². The van der Waals surface area contributed by atoms with Crippen LogP contribution in [0.4, 0.5) is 0 Å². The fraction of sp³-hybridized carbons (Fsp3) is 0.867. The topological polar surface area (TPSA) is 59.1 Å². The maximum atomic E-state index is 12.5. The van der Waals surface area contributed by atoms with Gasteiger partial charge in [0.1, 0.15) is 0 Å². The summed E-state index contributed by atoms with van der Waals surface area (Å²) in [6.07, 6.45) is 1.55. The molecule has 1 atom stereocenters. The Morgan fingerprint density at radius 1 is 1.19 bits per heavy atom. The molecule has 0 bridgehead atoms. The van der Waals surface area contributed by atoms with Crippen molar-refractivity contribution in [1.82, 2.24) is 9.80 Å². The van der Waals surface area contributed by atoms with Gasteiger partial charge in [0.25, 0.3) is 0 Å². The van der Waals surface area contributed by atoms with Gasteiger partial charge in [-0.3, -0.25) is 14.5 Å². The Labute approximate surface area is 126 Å². The second-order valence-corrected chi connectivity index (χ2v) is 5.68. The molecule has 2 rings (SSSR count). The molecule has 0 spiro atoms. The van der Waals surface area contributed by atoms with E-state index in [1.54, 1.807) is 0 Å². The molecule has 0 radical (unpaired) electrons. The van der Waals surface area contributed by atoms with Crippen LogP contribution in [0.25, 0.3) is 0 Å².